The molecule has 1 aliphatic heterocycles. The van der Waals surface area contributed by atoms with Crippen LogP contribution >= 0.6 is 11.8 Å². The molecule has 1 aliphatic rings. The van der Waals surface area contributed by atoms with Gasteiger partial charge in [0.25, 0.3) is 0 Å². The van der Waals surface area contributed by atoms with Gasteiger partial charge in [-0.15, -0.1) is 0 Å². The van der Waals surface area contributed by atoms with Gasteiger partial charge >= 0.3 is 219 Å². The number of carbonyl (C=O) groups is 5. The van der Waals surface area contributed by atoms with E-state index in [2.05, 4.69) is 26.6 Å². The zero-order chi connectivity index (χ0) is 26.7. The van der Waals surface area contributed by atoms with E-state index < -0.39 is 71.7 Å². The van der Waals surface area contributed by atoms with Crippen LogP contribution in [0.3, 0.4) is 0 Å². The number of aliphatic hydroxyl groups excluding tert-OH is 1. The molecular weight excluding hydrogens is 564 g/mol. The average molecular weight is 598 g/mol. The number of thioether (sulfide) groups is 1. The number of amides is 4. The molecule has 1 saturated heterocycles. The zero-order valence-corrected chi connectivity index (χ0v) is 22.5. The molecule has 0 spiro atoms. The van der Waals surface area contributed by atoms with Crippen molar-refractivity contribution in [2.24, 2.45) is 5.73 Å². The quantitative estimate of drug-likeness (QED) is 0.107. The van der Waals surface area contributed by atoms with Gasteiger partial charge in [0.15, 0.2) is 0 Å². The molecule has 3 unspecified atom stereocenters. The molecule has 4 amide bonds. The Kier molecular flexibility index (Phi) is 13.6. The molecule has 0 aromatic carbocycles. The third-order valence-corrected chi connectivity index (χ3v) is 7.54. The fourth-order valence-electron chi connectivity index (χ4n) is 3.20. The molecule has 0 bridgehead atoms. The summed E-state index contributed by atoms with van der Waals surface area (Å²) >= 11 is 2.54. The van der Waals surface area contributed by atoms with Gasteiger partial charge in [0.05, 0.1) is 0 Å². The number of rotatable bonds is 7. The Morgan fingerprint density at radius 1 is 1.14 bits per heavy atom. The number of aliphatic carboxylic acids is 1. The van der Waals surface area contributed by atoms with E-state index in [9.17, 15) is 34.2 Å². The van der Waals surface area contributed by atoms with Gasteiger partial charge in [-0.1, -0.05) is 0 Å². The van der Waals surface area contributed by atoms with Gasteiger partial charge < -0.3 is 0 Å². The average Bonchev–Trinajstić information content (AvgIpc) is 2.78. The van der Waals surface area contributed by atoms with Crippen molar-refractivity contribution in [1.29, 1.82) is 0 Å². The van der Waals surface area contributed by atoms with Crippen molar-refractivity contribution in [3.05, 3.63) is 6.42 Å². The molecule has 35 heavy (non-hydrogen) atoms. The molecule has 6 atom stereocenters. The van der Waals surface area contributed by atoms with Crippen molar-refractivity contribution in [1.82, 2.24) is 26.6 Å². The van der Waals surface area contributed by atoms with Crippen LogP contribution in [-0.2, 0) is 43.3 Å². The van der Waals surface area contributed by atoms with Gasteiger partial charge in [-0.05, 0) is 0 Å². The molecule has 198 valence electrons. The first-order valence-electron chi connectivity index (χ1n) is 10.8. The molecule has 1 rings (SSSR count). The molecule has 0 radical (unpaired) electrons. The normalized spacial score (nSPS) is 29.6. The van der Waals surface area contributed by atoms with Crippen molar-refractivity contribution in [3.8, 4) is 0 Å². The van der Waals surface area contributed by atoms with Crippen LogP contribution in [0.15, 0.2) is 0 Å². The minimum absolute atomic E-state index is 0.0543. The number of likely N-dealkylation sites (N-methyl/N-ethyl adjacent to an activating group) is 1. The second-order valence-electron chi connectivity index (χ2n) is 7.90. The molecule has 1 heterocycles. The zero-order valence-electron chi connectivity index (χ0n) is 19.7. The number of nitrogens with two attached hydrogens (primary N) is 1. The first kappa shape index (κ1) is 31.2. The van der Waals surface area contributed by atoms with Crippen molar-refractivity contribution in [2.75, 3.05) is 19.4 Å². The van der Waals surface area contributed by atoms with Crippen LogP contribution in [0.25, 0.3) is 0 Å². The van der Waals surface area contributed by atoms with E-state index in [0.29, 0.717) is 10.4 Å². The Bertz CT molecular complexity index is 817. The Morgan fingerprint density at radius 3 is 2.29 bits per heavy atom. The summed E-state index contributed by atoms with van der Waals surface area (Å²) in [5.74, 6) is -3.79. The third-order valence-electron chi connectivity index (χ3n) is 5.14. The Balaban J connectivity index is 3.39. The van der Waals surface area contributed by atoms with Crippen molar-refractivity contribution >= 4 is 45.4 Å². The molecule has 0 saturated carbocycles. The second-order valence-corrected chi connectivity index (χ2v) is 10.2. The topological polar surface area (TPSA) is 212 Å². The minimum atomic E-state index is -1.33. The van der Waals surface area contributed by atoms with E-state index in [-0.39, 0.29) is 12.2 Å². The van der Waals surface area contributed by atoms with Gasteiger partial charge in [0, 0.05) is 0 Å². The Labute approximate surface area is 218 Å². The summed E-state index contributed by atoms with van der Waals surface area (Å²) in [7, 11) is 1.52. The van der Waals surface area contributed by atoms with Crippen LogP contribution in [0.4, 0.5) is 0 Å². The Hall–Kier alpha value is -1.86. The van der Waals surface area contributed by atoms with Crippen molar-refractivity contribution < 1.29 is 53.5 Å². The number of nitrogens with one attached hydrogen (secondary N) is 5. The van der Waals surface area contributed by atoms with Crippen LogP contribution in [-0.4, -0.2) is 98.7 Å². The maximum absolute atomic E-state index is 12.7. The van der Waals surface area contributed by atoms with E-state index in [1.54, 1.807) is 13.3 Å². The molecule has 1 fully saturated rings. The molecule has 15 heteroatoms. The number of primary amides is 1. The van der Waals surface area contributed by atoms with Gasteiger partial charge in [0.1, 0.15) is 0 Å². The van der Waals surface area contributed by atoms with Crippen molar-refractivity contribution in [2.45, 2.75) is 62.1 Å². The summed E-state index contributed by atoms with van der Waals surface area (Å²) < 4.78 is 0.424. The summed E-state index contributed by atoms with van der Waals surface area (Å²) in [6.07, 6.45) is 1.88. The third kappa shape index (κ3) is 9.96. The SMILES string of the molecule is C[CH-]CC1N[C](=[Mo])[C@H](CC(N)=O)NC(=O)[C@H](C)NC(=O)C(CO)NC(=O)[C@@H](NC)CSC1C(=O)O. The summed E-state index contributed by atoms with van der Waals surface area (Å²) in [6.45, 7) is 2.45. The summed E-state index contributed by atoms with van der Waals surface area (Å²) in [6, 6.07) is -4.77. The summed E-state index contributed by atoms with van der Waals surface area (Å²) in [4.78, 5) is 61.8. The van der Waals surface area contributed by atoms with Gasteiger partial charge in [-0.2, -0.15) is 0 Å². The molecule has 9 N–H and O–H groups in total. The van der Waals surface area contributed by atoms with Gasteiger partial charge in [0.2, 0.25) is 0 Å². The number of carboxylic acid groups (broad SMARTS) is 1. The maximum atomic E-state index is 12.7. The van der Waals surface area contributed by atoms with Crippen LogP contribution < -0.4 is 32.3 Å². The first-order valence-corrected chi connectivity index (χ1v) is 12.9. The first-order chi connectivity index (χ1) is 16.4. The predicted octanol–water partition coefficient (Wildman–Crippen LogP) is -3.63. The van der Waals surface area contributed by atoms with E-state index in [0.717, 1.165) is 11.8 Å². The van der Waals surface area contributed by atoms with E-state index in [4.69, 9.17) is 5.73 Å². The van der Waals surface area contributed by atoms with Crippen LogP contribution in [0.2, 0.25) is 0 Å². The van der Waals surface area contributed by atoms with Crippen LogP contribution in [0.5, 0.6) is 0 Å². The molecule has 0 aromatic heterocycles. The van der Waals surface area contributed by atoms with Crippen LogP contribution in [0.1, 0.15) is 26.7 Å². The number of carbonyl (C=O) groups excluding carboxylic acids is 4. The number of hydrogen-bond acceptors (Lipinski definition) is 9. The Morgan fingerprint density at radius 2 is 1.77 bits per heavy atom. The second kappa shape index (κ2) is 15.3. The monoisotopic (exact) mass is 599 g/mol. The summed E-state index contributed by atoms with van der Waals surface area (Å²) in [5, 5.41) is 31.9. The number of carboxylic acids is 1. The standard InChI is InChI=1S/C20H33N6O7S.Mo/c1-4-5-12-16(20(32)33)34-9-14(22-3)19(31)26-13(8-27)18(30)24-10(2)17(29)25-11(7-23-12)6-15(21)28;/h4,10-14,16,22-23,27H,5-6,8-9H2,1-3H3,(H2,21,28)(H,24,30)(H,25,29)(H,26,31)(H,32,33);/q-1;/t10-,11-,12?,13?,14-,16?;/m0./s1. The van der Waals surface area contributed by atoms with Gasteiger partial charge in [-0.25, -0.2) is 0 Å². The van der Waals surface area contributed by atoms with E-state index >= 15 is 0 Å². The number of hydrogen-bond donors (Lipinski definition) is 8. The van der Waals surface area contributed by atoms with E-state index in [1.165, 1.54) is 33.3 Å². The number of aliphatic hydroxyl groups is 1. The predicted molar refractivity (Wildman–Crippen MR) is 126 cm³/mol. The molecule has 13 nitrogen and oxygen atoms in total. The van der Waals surface area contributed by atoms with Crippen LogP contribution in [0, 0.1) is 6.42 Å². The van der Waals surface area contributed by atoms with Gasteiger partial charge in [-0.3, -0.25) is 0 Å². The van der Waals surface area contributed by atoms with Crippen molar-refractivity contribution in [3.63, 3.8) is 0 Å². The molecular formula is C20H33MoN6O7S-. The fourth-order valence-corrected chi connectivity index (χ4v) is 5.19. The van der Waals surface area contributed by atoms with E-state index in [1.807, 2.05) is 0 Å². The summed E-state index contributed by atoms with van der Waals surface area (Å²) in [5.41, 5.74) is 5.36. The fraction of sp³-hybridized carbons (Fsp3) is 0.650. The molecule has 0 aliphatic carbocycles. The molecule has 0 aromatic rings.